The number of nitrogens with two attached hydrogens (primary N) is 1. The fourth-order valence-electron chi connectivity index (χ4n) is 5.41. The van der Waals surface area contributed by atoms with Crippen LogP contribution in [0.25, 0.3) is 0 Å². The second-order valence-electron chi connectivity index (χ2n) is 10.6. The van der Waals surface area contributed by atoms with Gasteiger partial charge in [0.15, 0.2) is 0 Å². The Labute approximate surface area is 214 Å². The van der Waals surface area contributed by atoms with E-state index in [4.69, 9.17) is 16.9 Å². The van der Waals surface area contributed by atoms with Crippen LogP contribution in [0.1, 0.15) is 72.5 Å². The lowest BCUT2D eigenvalue weighted by Gasteiger charge is -2.26. The number of carbonyl (C=O) groups is 1. The topological polar surface area (TPSA) is 91.4 Å². The van der Waals surface area contributed by atoms with Crippen LogP contribution in [0.5, 0.6) is 0 Å². The number of carbonyl (C=O) groups excluding carboxylic acids is 1. The Morgan fingerprint density at radius 1 is 1.22 bits per heavy atom. The molecule has 1 saturated heterocycles. The SMILES string of the molecule is C#CC1CCCN1NC(=O)c1cc(COCC(C)(N)Cc2ccccc2)cc(C2(C#N)CCCC2)c1. The molecule has 1 aliphatic heterocycles. The molecule has 1 heterocycles. The van der Waals surface area contributed by atoms with Crippen LogP contribution >= 0.6 is 0 Å². The highest BCUT2D eigenvalue weighted by Crippen LogP contribution is 2.41. The number of nitrogens with one attached hydrogen (secondary N) is 1. The quantitative estimate of drug-likeness (QED) is 0.520. The number of rotatable bonds is 9. The molecule has 1 aliphatic carbocycles. The summed E-state index contributed by atoms with van der Waals surface area (Å²) >= 11 is 0. The summed E-state index contributed by atoms with van der Waals surface area (Å²) in [5.41, 5.74) is 11.9. The maximum absolute atomic E-state index is 13.2. The zero-order valence-electron chi connectivity index (χ0n) is 21.1. The zero-order valence-corrected chi connectivity index (χ0v) is 21.1. The van der Waals surface area contributed by atoms with Crippen LogP contribution in [0.3, 0.4) is 0 Å². The van der Waals surface area contributed by atoms with Crippen LogP contribution in [0.15, 0.2) is 48.5 Å². The van der Waals surface area contributed by atoms with Crippen molar-refractivity contribution < 1.29 is 9.53 Å². The first kappa shape index (κ1) is 25.9. The van der Waals surface area contributed by atoms with Gasteiger partial charge in [-0.3, -0.25) is 10.2 Å². The molecule has 36 heavy (non-hydrogen) atoms. The molecule has 0 spiro atoms. The first-order chi connectivity index (χ1) is 17.3. The highest BCUT2D eigenvalue weighted by Gasteiger charge is 2.37. The number of benzene rings is 2. The molecule has 0 aromatic heterocycles. The molecule has 188 valence electrons. The molecular weight excluding hydrogens is 448 g/mol. The lowest BCUT2D eigenvalue weighted by molar-refractivity contribution is 0.0777. The monoisotopic (exact) mass is 484 g/mol. The minimum absolute atomic E-state index is 0.0907. The van der Waals surface area contributed by atoms with Gasteiger partial charge in [-0.05, 0) is 67.9 Å². The third kappa shape index (κ3) is 6.15. The first-order valence-electron chi connectivity index (χ1n) is 12.8. The van der Waals surface area contributed by atoms with Crippen molar-refractivity contribution in [1.29, 1.82) is 5.26 Å². The molecule has 2 aromatic carbocycles. The average molecular weight is 485 g/mol. The summed E-state index contributed by atoms with van der Waals surface area (Å²) in [6.45, 7) is 3.40. The summed E-state index contributed by atoms with van der Waals surface area (Å²) in [5.74, 6) is 2.54. The molecule has 6 nitrogen and oxygen atoms in total. The van der Waals surface area contributed by atoms with Gasteiger partial charge >= 0.3 is 0 Å². The third-order valence-corrected chi connectivity index (χ3v) is 7.32. The van der Waals surface area contributed by atoms with Crippen molar-refractivity contribution >= 4 is 5.91 Å². The largest absolute Gasteiger partial charge is 0.375 e. The summed E-state index contributed by atoms with van der Waals surface area (Å²) in [7, 11) is 0. The highest BCUT2D eigenvalue weighted by atomic mass is 16.5. The number of hydrogen-bond acceptors (Lipinski definition) is 5. The molecule has 3 N–H and O–H groups in total. The van der Waals surface area contributed by atoms with Gasteiger partial charge in [0.1, 0.15) is 0 Å². The third-order valence-electron chi connectivity index (χ3n) is 7.32. The van der Waals surface area contributed by atoms with E-state index in [0.29, 0.717) is 25.2 Å². The summed E-state index contributed by atoms with van der Waals surface area (Å²) in [4.78, 5) is 13.2. The Hall–Kier alpha value is -3.16. The molecule has 2 aromatic rings. The minimum atomic E-state index is -0.560. The van der Waals surface area contributed by atoms with E-state index >= 15 is 0 Å². The number of amides is 1. The van der Waals surface area contributed by atoms with Crippen molar-refractivity contribution in [3.8, 4) is 18.4 Å². The Balaban J connectivity index is 1.51. The van der Waals surface area contributed by atoms with E-state index in [1.54, 1.807) is 0 Å². The molecule has 4 rings (SSSR count). The van der Waals surface area contributed by atoms with Crippen molar-refractivity contribution in [3.63, 3.8) is 0 Å². The van der Waals surface area contributed by atoms with Crippen LogP contribution in [0.2, 0.25) is 0 Å². The highest BCUT2D eigenvalue weighted by molar-refractivity contribution is 5.94. The number of nitriles is 1. The Morgan fingerprint density at radius 2 is 1.97 bits per heavy atom. The Kier molecular flexibility index (Phi) is 8.11. The standard InChI is InChI=1S/C30H36N4O2/c1-3-27-12-9-15-34(27)33-28(35)25-16-24(17-26(18-25)30(21-31)13-7-8-14-30)20-36-22-29(2,32)19-23-10-5-4-6-11-23/h1,4-6,10-11,16-18,27H,7-9,12-15,19-20,22,32H2,2H3,(H,33,35). The minimum Gasteiger partial charge on any atom is -0.375 e. The van der Waals surface area contributed by atoms with Crippen LogP contribution in [0, 0.1) is 23.7 Å². The van der Waals surface area contributed by atoms with Crippen molar-refractivity contribution in [3.05, 3.63) is 70.8 Å². The van der Waals surface area contributed by atoms with Gasteiger partial charge < -0.3 is 10.5 Å². The van der Waals surface area contributed by atoms with E-state index in [1.807, 2.05) is 48.3 Å². The molecular formula is C30H36N4O2. The smallest absolute Gasteiger partial charge is 0.265 e. The van der Waals surface area contributed by atoms with E-state index in [0.717, 1.165) is 61.8 Å². The zero-order chi connectivity index (χ0) is 25.6. The van der Waals surface area contributed by atoms with Crippen LogP contribution < -0.4 is 11.2 Å². The van der Waals surface area contributed by atoms with E-state index in [1.165, 1.54) is 0 Å². The maximum Gasteiger partial charge on any atom is 0.265 e. The molecule has 1 saturated carbocycles. The Morgan fingerprint density at radius 3 is 2.67 bits per heavy atom. The fourth-order valence-corrected chi connectivity index (χ4v) is 5.41. The van der Waals surface area contributed by atoms with Crippen molar-refractivity contribution in [2.24, 2.45) is 5.73 Å². The second kappa shape index (κ2) is 11.3. The maximum atomic E-state index is 13.2. The van der Waals surface area contributed by atoms with E-state index in [9.17, 15) is 10.1 Å². The van der Waals surface area contributed by atoms with Gasteiger partial charge in [0, 0.05) is 17.6 Å². The normalized spacial score (nSPS) is 20.8. The number of hydrogen-bond donors (Lipinski definition) is 2. The number of nitrogens with zero attached hydrogens (tertiary/aromatic N) is 2. The summed E-state index contributed by atoms with van der Waals surface area (Å²) in [6, 6.07) is 18.3. The molecule has 1 amide bonds. The summed E-state index contributed by atoms with van der Waals surface area (Å²) in [6.07, 6.45) is 11.8. The van der Waals surface area contributed by atoms with Gasteiger partial charge in [0.25, 0.3) is 5.91 Å². The van der Waals surface area contributed by atoms with Gasteiger partial charge in [0.05, 0.1) is 30.7 Å². The lowest BCUT2D eigenvalue weighted by Crippen LogP contribution is -2.44. The second-order valence-corrected chi connectivity index (χ2v) is 10.6. The molecule has 2 fully saturated rings. The van der Waals surface area contributed by atoms with Crippen LogP contribution in [-0.4, -0.2) is 35.6 Å². The van der Waals surface area contributed by atoms with Gasteiger partial charge in [-0.25, -0.2) is 5.01 Å². The van der Waals surface area contributed by atoms with E-state index in [-0.39, 0.29) is 11.9 Å². The van der Waals surface area contributed by atoms with Crippen molar-refractivity contribution in [2.45, 2.75) is 75.5 Å². The predicted octanol–water partition coefficient (Wildman–Crippen LogP) is 4.24. The predicted molar refractivity (Wildman–Crippen MR) is 141 cm³/mol. The molecule has 2 atom stereocenters. The first-order valence-corrected chi connectivity index (χ1v) is 12.8. The van der Waals surface area contributed by atoms with Crippen LogP contribution in [-0.2, 0) is 23.2 Å². The molecule has 6 heteroatoms. The molecule has 0 radical (unpaired) electrons. The molecule has 0 bridgehead atoms. The van der Waals surface area contributed by atoms with Gasteiger partial charge in [0.2, 0.25) is 0 Å². The van der Waals surface area contributed by atoms with Crippen molar-refractivity contribution in [1.82, 2.24) is 10.4 Å². The van der Waals surface area contributed by atoms with E-state index in [2.05, 4.69) is 29.5 Å². The molecule has 2 unspecified atom stereocenters. The average Bonchev–Trinajstić information content (AvgIpc) is 3.54. The van der Waals surface area contributed by atoms with Crippen molar-refractivity contribution in [2.75, 3.05) is 13.2 Å². The lowest BCUT2D eigenvalue weighted by atomic mass is 9.79. The van der Waals surface area contributed by atoms with Gasteiger partial charge in [-0.2, -0.15) is 5.26 Å². The molecule has 2 aliphatic rings. The van der Waals surface area contributed by atoms with Crippen LogP contribution in [0.4, 0.5) is 0 Å². The summed E-state index contributed by atoms with van der Waals surface area (Å²) in [5, 5.41) is 11.9. The summed E-state index contributed by atoms with van der Waals surface area (Å²) < 4.78 is 6.07. The Bertz CT molecular complexity index is 1140. The number of hydrazine groups is 1. The fraction of sp³-hybridized carbons (Fsp3) is 0.467. The van der Waals surface area contributed by atoms with Gasteiger partial charge in [-0.15, -0.1) is 6.42 Å². The van der Waals surface area contributed by atoms with E-state index < -0.39 is 11.0 Å². The number of ether oxygens (including phenoxy) is 1. The van der Waals surface area contributed by atoms with Gasteiger partial charge in [-0.1, -0.05) is 55.2 Å². The number of terminal acetylenes is 1.